The van der Waals surface area contributed by atoms with Crippen molar-refractivity contribution in [1.82, 2.24) is 0 Å². The van der Waals surface area contributed by atoms with Gasteiger partial charge in [-0.3, -0.25) is 4.79 Å². The third-order valence-electron chi connectivity index (χ3n) is 5.51. The van der Waals surface area contributed by atoms with E-state index in [9.17, 15) is 18.0 Å². The van der Waals surface area contributed by atoms with Crippen LogP contribution in [0.15, 0.2) is 52.9 Å². The second kappa shape index (κ2) is 10.1. The van der Waals surface area contributed by atoms with Crippen LogP contribution in [0, 0.1) is 13.8 Å². The summed E-state index contributed by atoms with van der Waals surface area (Å²) in [6.45, 7) is 6.10. The van der Waals surface area contributed by atoms with Crippen LogP contribution in [0.3, 0.4) is 0 Å². The molecular formula is C26H27F3O3. The van der Waals surface area contributed by atoms with Gasteiger partial charge in [-0.1, -0.05) is 30.3 Å². The minimum Gasteiger partial charge on any atom is -0.466 e. The minimum atomic E-state index is -4.35. The van der Waals surface area contributed by atoms with Crippen molar-refractivity contribution < 1.29 is 27.1 Å². The Morgan fingerprint density at radius 2 is 1.66 bits per heavy atom. The van der Waals surface area contributed by atoms with E-state index in [4.69, 9.17) is 9.15 Å². The molecule has 1 heterocycles. The standard InChI is InChI=1S/C26H27F3O3/c1-4-31-25(30)14-11-20-7-5-19(15-17(20)2)6-8-22-16-24(32-18(22)3)21-9-12-23(13-10-21)26(27,28)29/h5,7,9-10,12-13,15-16H,4,6,8,11,14H2,1-3H3. The van der Waals surface area contributed by atoms with Crippen LogP contribution in [0.4, 0.5) is 13.2 Å². The Kier molecular flexibility index (Phi) is 7.44. The van der Waals surface area contributed by atoms with Crippen LogP contribution in [-0.2, 0) is 35.0 Å². The quantitative estimate of drug-likeness (QED) is 0.356. The number of alkyl halides is 3. The third-order valence-corrected chi connectivity index (χ3v) is 5.51. The number of ether oxygens (including phenoxy) is 1. The van der Waals surface area contributed by atoms with E-state index in [-0.39, 0.29) is 5.97 Å². The van der Waals surface area contributed by atoms with Crippen molar-refractivity contribution in [2.75, 3.05) is 6.61 Å². The summed E-state index contributed by atoms with van der Waals surface area (Å²) in [6.07, 6.45) is -1.75. The first-order valence-electron chi connectivity index (χ1n) is 10.7. The molecule has 3 nitrogen and oxygen atoms in total. The summed E-state index contributed by atoms with van der Waals surface area (Å²) < 4.78 is 49.1. The highest BCUT2D eigenvalue weighted by Crippen LogP contribution is 2.32. The average Bonchev–Trinajstić information content (AvgIpc) is 3.12. The summed E-state index contributed by atoms with van der Waals surface area (Å²) >= 11 is 0. The second-order valence-corrected chi connectivity index (χ2v) is 7.83. The highest BCUT2D eigenvalue weighted by atomic mass is 19.4. The molecule has 2 aromatic carbocycles. The molecule has 0 unspecified atom stereocenters. The van der Waals surface area contributed by atoms with Crippen molar-refractivity contribution in [2.45, 2.75) is 52.6 Å². The molecule has 0 saturated carbocycles. The summed E-state index contributed by atoms with van der Waals surface area (Å²) in [4.78, 5) is 11.6. The van der Waals surface area contributed by atoms with E-state index in [1.807, 2.05) is 19.9 Å². The fourth-order valence-corrected chi connectivity index (χ4v) is 3.68. The van der Waals surface area contributed by atoms with E-state index in [0.29, 0.717) is 30.8 Å². The van der Waals surface area contributed by atoms with Crippen LogP contribution in [0.1, 0.15) is 46.9 Å². The summed E-state index contributed by atoms with van der Waals surface area (Å²) in [5.41, 5.74) is 4.43. The predicted molar refractivity (Wildman–Crippen MR) is 117 cm³/mol. The second-order valence-electron chi connectivity index (χ2n) is 7.83. The fraction of sp³-hybridized carbons (Fsp3) is 0.346. The van der Waals surface area contributed by atoms with Gasteiger partial charge in [0, 0.05) is 12.0 Å². The molecule has 170 valence electrons. The largest absolute Gasteiger partial charge is 0.466 e. The van der Waals surface area contributed by atoms with E-state index < -0.39 is 11.7 Å². The maximum atomic E-state index is 12.8. The Bertz CT molecular complexity index is 1060. The molecule has 1 aromatic heterocycles. The first kappa shape index (κ1) is 23.6. The van der Waals surface area contributed by atoms with Crippen molar-refractivity contribution >= 4 is 5.97 Å². The molecule has 0 fully saturated rings. The van der Waals surface area contributed by atoms with Crippen LogP contribution in [0.2, 0.25) is 0 Å². The zero-order valence-corrected chi connectivity index (χ0v) is 18.5. The molecule has 0 atom stereocenters. The molecule has 3 rings (SSSR count). The first-order chi connectivity index (χ1) is 15.2. The Balaban J connectivity index is 1.63. The zero-order valence-electron chi connectivity index (χ0n) is 18.5. The van der Waals surface area contributed by atoms with Gasteiger partial charge in [-0.2, -0.15) is 13.2 Å². The predicted octanol–water partition coefficient (Wildman–Crippen LogP) is 6.86. The van der Waals surface area contributed by atoms with Crippen LogP contribution in [0.25, 0.3) is 11.3 Å². The van der Waals surface area contributed by atoms with E-state index in [1.165, 1.54) is 17.7 Å². The van der Waals surface area contributed by atoms with Gasteiger partial charge in [0.25, 0.3) is 0 Å². The minimum absolute atomic E-state index is 0.185. The van der Waals surface area contributed by atoms with Gasteiger partial charge in [-0.25, -0.2) is 0 Å². The molecule has 0 amide bonds. The fourth-order valence-electron chi connectivity index (χ4n) is 3.68. The zero-order chi connectivity index (χ0) is 23.3. The highest BCUT2D eigenvalue weighted by molar-refractivity contribution is 5.69. The molecular weight excluding hydrogens is 417 g/mol. The van der Waals surface area contributed by atoms with Gasteiger partial charge >= 0.3 is 12.1 Å². The Labute approximate surface area is 186 Å². The van der Waals surface area contributed by atoms with E-state index in [0.717, 1.165) is 47.4 Å². The summed E-state index contributed by atoms with van der Waals surface area (Å²) in [7, 11) is 0. The number of furan rings is 1. The SMILES string of the molecule is CCOC(=O)CCc1ccc(CCc2cc(-c3ccc(C(F)(F)F)cc3)oc2C)cc1C. The number of aryl methyl sites for hydroxylation is 5. The van der Waals surface area contributed by atoms with Gasteiger partial charge in [0.2, 0.25) is 0 Å². The van der Waals surface area contributed by atoms with Crippen molar-refractivity contribution in [3.8, 4) is 11.3 Å². The van der Waals surface area contributed by atoms with Crippen molar-refractivity contribution in [3.05, 3.63) is 82.1 Å². The summed E-state index contributed by atoms with van der Waals surface area (Å²) in [5, 5.41) is 0. The third kappa shape index (κ3) is 6.02. The van der Waals surface area contributed by atoms with Crippen LogP contribution < -0.4 is 0 Å². The lowest BCUT2D eigenvalue weighted by molar-refractivity contribution is -0.143. The molecule has 0 spiro atoms. The number of hydrogen-bond acceptors (Lipinski definition) is 3. The molecule has 6 heteroatoms. The summed E-state index contributed by atoms with van der Waals surface area (Å²) in [5.74, 6) is 1.15. The number of esters is 1. The van der Waals surface area contributed by atoms with Gasteiger partial charge in [0.15, 0.2) is 0 Å². The van der Waals surface area contributed by atoms with Gasteiger partial charge < -0.3 is 9.15 Å². The Hall–Kier alpha value is -3.02. The Morgan fingerprint density at radius 1 is 0.938 bits per heavy atom. The normalized spacial score (nSPS) is 11.6. The maximum Gasteiger partial charge on any atom is 0.416 e. The smallest absolute Gasteiger partial charge is 0.416 e. The van der Waals surface area contributed by atoms with Crippen LogP contribution >= 0.6 is 0 Å². The molecule has 0 saturated heterocycles. The lowest BCUT2D eigenvalue weighted by atomic mass is 9.97. The van der Waals surface area contributed by atoms with E-state index in [1.54, 1.807) is 6.92 Å². The molecule has 32 heavy (non-hydrogen) atoms. The van der Waals surface area contributed by atoms with Crippen molar-refractivity contribution in [2.24, 2.45) is 0 Å². The number of benzene rings is 2. The van der Waals surface area contributed by atoms with Gasteiger partial charge in [0.1, 0.15) is 11.5 Å². The number of hydrogen-bond donors (Lipinski definition) is 0. The maximum absolute atomic E-state index is 12.8. The highest BCUT2D eigenvalue weighted by Gasteiger charge is 2.30. The summed E-state index contributed by atoms with van der Waals surface area (Å²) in [6, 6.07) is 13.2. The molecule has 0 aliphatic heterocycles. The van der Waals surface area contributed by atoms with Gasteiger partial charge in [0.05, 0.1) is 12.2 Å². The lowest BCUT2D eigenvalue weighted by Gasteiger charge is -2.09. The van der Waals surface area contributed by atoms with Crippen molar-refractivity contribution in [1.29, 1.82) is 0 Å². The Morgan fingerprint density at radius 3 is 2.28 bits per heavy atom. The molecule has 0 bridgehead atoms. The molecule has 0 N–H and O–H groups in total. The number of rotatable bonds is 8. The van der Waals surface area contributed by atoms with Gasteiger partial charge in [-0.05, 0) is 80.5 Å². The number of carbonyl (C=O) groups is 1. The average molecular weight is 444 g/mol. The molecule has 0 radical (unpaired) electrons. The number of carbonyl (C=O) groups excluding carboxylic acids is 1. The van der Waals surface area contributed by atoms with Crippen LogP contribution in [0.5, 0.6) is 0 Å². The van der Waals surface area contributed by atoms with E-state index >= 15 is 0 Å². The molecule has 3 aromatic rings. The number of halogens is 3. The van der Waals surface area contributed by atoms with E-state index in [2.05, 4.69) is 18.2 Å². The lowest BCUT2D eigenvalue weighted by Crippen LogP contribution is -2.06. The van der Waals surface area contributed by atoms with Gasteiger partial charge in [-0.15, -0.1) is 0 Å². The molecule has 0 aliphatic rings. The molecule has 0 aliphatic carbocycles. The first-order valence-corrected chi connectivity index (χ1v) is 10.7. The topological polar surface area (TPSA) is 39.4 Å². The monoisotopic (exact) mass is 444 g/mol. The van der Waals surface area contributed by atoms with Crippen LogP contribution in [-0.4, -0.2) is 12.6 Å². The van der Waals surface area contributed by atoms with Crippen molar-refractivity contribution in [3.63, 3.8) is 0 Å².